The Labute approximate surface area is 184 Å². The van der Waals surface area contributed by atoms with Crippen molar-refractivity contribution in [3.05, 3.63) is 59.7 Å². The van der Waals surface area contributed by atoms with Crippen LogP contribution in [0.4, 0.5) is 4.79 Å². The highest BCUT2D eigenvalue weighted by Crippen LogP contribution is 2.20. The summed E-state index contributed by atoms with van der Waals surface area (Å²) < 4.78 is 10.9. The summed E-state index contributed by atoms with van der Waals surface area (Å²) in [5.41, 5.74) is 0.298. The van der Waals surface area contributed by atoms with E-state index in [9.17, 15) is 14.4 Å². The van der Waals surface area contributed by atoms with Gasteiger partial charge >= 0.3 is 18.0 Å². The van der Waals surface area contributed by atoms with Crippen LogP contribution in [0.15, 0.2) is 69.3 Å². The van der Waals surface area contributed by atoms with Gasteiger partial charge in [0.1, 0.15) is 11.5 Å². The number of rotatable bonds is 10. The van der Waals surface area contributed by atoms with Crippen LogP contribution >= 0.6 is 0 Å². The minimum Gasteiger partial charge on any atom is -0.493 e. The summed E-state index contributed by atoms with van der Waals surface area (Å²) in [6.45, 7) is 4.69. The van der Waals surface area contributed by atoms with Crippen LogP contribution in [-0.4, -0.2) is 31.2 Å². The molecule has 2 amide bonds. The second-order valence-corrected chi connectivity index (χ2v) is 6.10. The normalized spacial score (nSPS) is 10.8. The van der Waals surface area contributed by atoms with Crippen LogP contribution in [0, 0.1) is 0 Å². The molecule has 11 heteroatoms. The van der Waals surface area contributed by atoms with E-state index in [1.54, 1.807) is 36.4 Å². The quantitative estimate of drug-likeness (QED) is 0.367. The van der Waals surface area contributed by atoms with Crippen LogP contribution in [-0.2, 0) is 9.68 Å². The smallest absolute Gasteiger partial charge is 0.493 e. The van der Waals surface area contributed by atoms with E-state index in [2.05, 4.69) is 30.5 Å². The van der Waals surface area contributed by atoms with Gasteiger partial charge < -0.3 is 9.47 Å². The highest BCUT2D eigenvalue weighted by Gasteiger charge is 2.14. The van der Waals surface area contributed by atoms with Gasteiger partial charge in [-0.25, -0.2) is 0 Å². The number of para-hydroxylation sites is 2. The van der Waals surface area contributed by atoms with Crippen molar-refractivity contribution in [1.29, 1.82) is 0 Å². The molecule has 2 rings (SSSR count). The first kappa shape index (κ1) is 24.1. The molecule has 0 N–H and O–H groups in total. The minimum absolute atomic E-state index is 0.149. The highest BCUT2D eigenvalue weighted by atomic mass is 16.9. The lowest BCUT2D eigenvalue weighted by atomic mass is 10.2. The van der Waals surface area contributed by atoms with Crippen LogP contribution in [0.2, 0.25) is 0 Å². The fourth-order valence-corrected chi connectivity index (χ4v) is 2.27. The average Bonchev–Trinajstić information content (AvgIpc) is 2.81. The number of hydrogen-bond donors (Lipinski definition) is 0. The van der Waals surface area contributed by atoms with E-state index in [0.29, 0.717) is 24.7 Å². The number of carbonyl (C=O) groups is 3. The third-order valence-electron chi connectivity index (χ3n) is 3.65. The third-order valence-corrected chi connectivity index (χ3v) is 3.65. The molecule has 11 nitrogen and oxygen atoms in total. The van der Waals surface area contributed by atoms with E-state index in [1.165, 1.54) is 12.1 Å². The predicted octanol–water partition coefficient (Wildman–Crippen LogP) is 5.13. The Morgan fingerprint density at radius 3 is 1.50 bits per heavy atom. The van der Waals surface area contributed by atoms with E-state index in [0.717, 1.165) is 12.8 Å². The van der Waals surface area contributed by atoms with E-state index in [-0.39, 0.29) is 11.1 Å². The third kappa shape index (κ3) is 7.59. The summed E-state index contributed by atoms with van der Waals surface area (Å²) in [7, 11) is 0. The molecule has 0 spiro atoms. The maximum atomic E-state index is 12.1. The van der Waals surface area contributed by atoms with E-state index >= 15 is 0 Å². The molecule has 0 heterocycles. The zero-order valence-electron chi connectivity index (χ0n) is 17.6. The highest BCUT2D eigenvalue weighted by molar-refractivity contribution is 5.97. The number of hydrogen-bond acceptors (Lipinski definition) is 9. The molecule has 0 aliphatic carbocycles. The van der Waals surface area contributed by atoms with Gasteiger partial charge in [-0.3, -0.25) is 19.3 Å². The summed E-state index contributed by atoms with van der Waals surface area (Å²) in [6.07, 6.45) is 0.0741. The Hall–Kier alpha value is -4.15. The van der Waals surface area contributed by atoms with Crippen molar-refractivity contribution in [3.63, 3.8) is 0 Å². The van der Waals surface area contributed by atoms with Crippen molar-refractivity contribution in [2.75, 3.05) is 13.2 Å². The lowest BCUT2D eigenvalue weighted by Gasteiger charge is -2.07. The maximum absolute atomic E-state index is 12.1. The van der Waals surface area contributed by atoms with E-state index in [1.807, 2.05) is 13.8 Å². The van der Waals surface area contributed by atoms with Gasteiger partial charge in [-0.2, -0.15) is 4.79 Å². The molecule has 168 valence electrons. The monoisotopic (exact) mass is 442 g/mol. The molecule has 0 aromatic heterocycles. The van der Waals surface area contributed by atoms with Crippen molar-refractivity contribution in [1.82, 2.24) is 0 Å². The van der Waals surface area contributed by atoms with Gasteiger partial charge in [0, 0.05) is 10.6 Å². The molecule has 0 bridgehead atoms. The topological polar surface area (TPSA) is 138 Å². The van der Waals surface area contributed by atoms with Crippen LogP contribution in [0.3, 0.4) is 0 Å². The molecule has 0 aliphatic heterocycles. The molecular weight excluding hydrogens is 420 g/mol. The lowest BCUT2D eigenvalue weighted by molar-refractivity contribution is 0.0450. The Morgan fingerprint density at radius 1 is 0.688 bits per heavy atom. The lowest BCUT2D eigenvalue weighted by Crippen LogP contribution is -2.04. The van der Waals surface area contributed by atoms with E-state index < -0.39 is 18.0 Å². The molecule has 0 fully saturated rings. The molecule has 0 aliphatic rings. The van der Waals surface area contributed by atoms with Crippen molar-refractivity contribution in [2.45, 2.75) is 26.7 Å². The number of carbonyl (C=O) groups excluding carboxylic acids is 3. The van der Waals surface area contributed by atoms with Gasteiger partial charge in [-0.05, 0) is 37.1 Å². The minimum atomic E-state index is -1.44. The van der Waals surface area contributed by atoms with Gasteiger partial charge in [0.2, 0.25) is 0 Å². The molecule has 32 heavy (non-hydrogen) atoms. The number of benzene rings is 2. The Kier molecular flexibility index (Phi) is 9.96. The summed E-state index contributed by atoms with van der Waals surface area (Å²) in [5, 5.41) is 12.5. The molecular formula is C21H22N4O7. The zero-order chi connectivity index (χ0) is 23.2. The van der Waals surface area contributed by atoms with Crippen LogP contribution in [0.25, 0.3) is 0 Å². The van der Waals surface area contributed by atoms with Gasteiger partial charge in [-0.15, -0.1) is 0 Å². The molecule has 0 atom stereocenters. The molecule has 2 aromatic rings. The van der Waals surface area contributed by atoms with Crippen molar-refractivity contribution >= 4 is 18.0 Å². The van der Waals surface area contributed by atoms with Gasteiger partial charge in [-0.1, -0.05) is 48.3 Å². The maximum Gasteiger partial charge on any atom is 0.565 e. The average molecular weight is 442 g/mol. The van der Waals surface area contributed by atoms with Crippen LogP contribution in [0.1, 0.15) is 47.4 Å². The first-order chi connectivity index (χ1) is 15.6. The number of amides is 2. The first-order valence-electron chi connectivity index (χ1n) is 9.79. The fraction of sp³-hybridized carbons (Fsp3) is 0.286. The largest absolute Gasteiger partial charge is 0.565 e. The molecule has 0 saturated heterocycles. The fourth-order valence-electron chi connectivity index (χ4n) is 2.27. The molecule has 0 unspecified atom stereocenters. The second kappa shape index (κ2) is 13.2. The van der Waals surface area contributed by atoms with Gasteiger partial charge in [0.15, 0.2) is 0 Å². The van der Waals surface area contributed by atoms with Gasteiger partial charge in [0.05, 0.1) is 24.3 Å². The van der Waals surface area contributed by atoms with Crippen molar-refractivity contribution in [3.8, 4) is 11.5 Å². The van der Waals surface area contributed by atoms with Crippen LogP contribution in [0.5, 0.6) is 11.5 Å². The summed E-state index contributed by atoms with van der Waals surface area (Å²) >= 11 is 0. The SMILES string of the molecule is CCCOc1ccccc1C(=O)N=NOC(=O)ON=NC(=O)c1ccccc1OCCC. The summed E-state index contributed by atoms with van der Waals surface area (Å²) in [6, 6.07) is 12.9. The van der Waals surface area contributed by atoms with Crippen LogP contribution < -0.4 is 9.47 Å². The van der Waals surface area contributed by atoms with Gasteiger partial charge in [0.25, 0.3) is 0 Å². The summed E-state index contributed by atoms with van der Waals surface area (Å²) in [4.78, 5) is 44.2. The van der Waals surface area contributed by atoms with Crippen molar-refractivity contribution < 1.29 is 33.5 Å². The zero-order valence-corrected chi connectivity index (χ0v) is 17.6. The first-order valence-corrected chi connectivity index (χ1v) is 9.79. The predicted molar refractivity (Wildman–Crippen MR) is 110 cm³/mol. The molecule has 0 radical (unpaired) electrons. The molecule has 2 aromatic carbocycles. The second-order valence-electron chi connectivity index (χ2n) is 6.10. The standard InChI is InChI=1S/C21H22N4O7/c1-3-13-29-17-11-7-5-9-15(17)19(26)22-24-31-21(28)32-25-23-20(27)16-10-6-8-12-18(16)30-14-4-2/h5-12H,3-4,13-14H2,1-2H3. The Balaban J connectivity index is 1.87. The van der Waals surface area contributed by atoms with E-state index in [4.69, 9.17) is 9.47 Å². The Morgan fingerprint density at radius 2 is 1.09 bits per heavy atom. The number of nitrogens with zero attached hydrogens (tertiary/aromatic N) is 4. The summed E-state index contributed by atoms with van der Waals surface area (Å²) in [5.74, 6) is -0.914. The number of ether oxygens (including phenoxy) is 2. The molecule has 0 saturated carbocycles. The van der Waals surface area contributed by atoms with Crippen molar-refractivity contribution in [2.24, 2.45) is 20.8 Å². The Bertz CT molecular complexity index is 914.